The SMILES string of the molecule is Nc1cnc(Oc2cccc(OC(F)(F)F)c2)nc1. The van der Waals surface area contributed by atoms with Gasteiger partial charge in [-0.1, -0.05) is 6.07 Å². The van der Waals surface area contributed by atoms with Crippen molar-refractivity contribution < 1.29 is 22.6 Å². The molecule has 0 bridgehead atoms. The number of aromatic nitrogens is 2. The average molecular weight is 271 g/mol. The van der Waals surface area contributed by atoms with Crippen LogP contribution in [-0.4, -0.2) is 16.3 Å². The summed E-state index contributed by atoms with van der Waals surface area (Å²) >= 11 is 0. The summed E-state index contributed by atoms with van der Waals surface area (Å²) in [5.41, 5.74) is 5.74. The molecular weight excluding hydrogens is 263 g/mol. The molecule has 0 unspecified atom stereocenters. The number of ether oxygens (including phenoxy) is 2. The first-order valence-corrected chi connectivity index (χ1v) is 5.03. The van der Waals surface area contributed by atoms with Gasteiger partial charge in [-0.3, -0.25) is 0 Å². The predicted molar refractivity (Wildman–Crippen MR) is 59.6 cm³/mol. The molecule has 0 fully saturated rings. The third-order valence-electron chi connectivity index (χ3n) is 1.90. The van der Waals surface area contributed by atoms with Crippen molar-refractivity contribution in [1.82, 2.24) is 9.97 Å². The second-order valence-electron chi connectivity index (χ2n) is 3.42. The predicted octanol–water partition coefficient (Wildman–Crippen LogP) is 2.75. The molecule has 0 saturated carbocycles. The molecule has 100 valence electrons. The summed E-state index contributed by atoms with van der Waals surface area (Å²) < 4.78 is 45.0. The molecule has 19 heavy (non-hydrogen) atoms. The van der Waals surface area contributed by atoms with E-state index in [1.54, 1.807) is 0 Å². The molecule has 1 aromatic carbocycles. The number of anilines is 1. The zero-order chi connectivity index (χ0) is 13.9. The third-order valence-corrected chi connectivity index (χ3v) is 1.90. The summed E-state index contributed by atoms with van der Waals surface area (Å²) in [6.07, 6.45) is -2.12. The molecule has 1 aromatic heterocycles. The minimum absolute atomic E-state index is 0.0293. The molecule has 1 heterocycles. The number of benzene rings is 1. The summed E-state index contributed by atoms with van der Waals surface area (Å²) in [6.45, 7) is 0. The second-order valence-corrected chi connectivity index (χ2v) is 3.42. The lowest BCUT2D eigenvalue weighted by Crippen LogP contribution is -2.17. The van der Waals surface area contributed by atoms with Crippen molar-refractivity contribution in [2.24, 2.45) is 0 Å². The number of nitrogens with zero attached hydrogens (tertiary/aromatic N) is 2. The Morgan fingerprint density at radius 1 is 1.05 bits per heavy atom. The highest BCUT2D eigenvalue weighted by Crippen LogP contribution is 2.27. The van der Waals surface area contributed by atoms with Crippen molar-refractivity contribution in [3.63, 3.8) is 0 Å². The Kier molecular flexibility index (Phi) is 3.41. The smallest absolute Gasteiger partial charge is 0.424 e. The van der Waals surface area contributed by atoms with Gasteiger partial charge in [-0.15, -0.1) is 13.2 Å². The molecule has 2 rings (SSSR count). The van der Waals surface area contributed by atoms with Crippen molar-refractivity contribution in [3.05, 3.63) is 36.7 Å². The maximum Gasteiger partial charge on any atom is 0.573 e. The van der Waals surface area contributed by atoms with Crippen LogP contribution < -0.4 is 15.2 Å². The van der Waals surface area contributed by atoms with E-state index < -0.39 is 6.36 Å². The minimum Gasteiger partial charge on any atom is -0.424 e. The molecule has 0 atom stereocenters. The van der Waals surface area contributed by atoms with Crippen LogP contribution >= 0.6 is 0 Å². The van der Waals surface area contributed by atoms with Crippen molar-refractivity contribution in [1.29, 1.82) is 0 Å². The molecule has 2 N–H and O–H groups in total. The van der Waals surface area contributed by atoms with Gasteiger partial charge in [0.2, 0.25) is 0 Å². The summed E-state index contributed by atoms with van der Waals surface area (Å²) in [4.78, 5) is 7.51. The minimum atomic E-state index is -4.75. The first-order chi connectivity index (χ1) is 8.92. The fourth-order valence-electron chi connectivity index (χ4n) is 1.22. The molecule has 0 aliphatic heterocycles. The quantitative estimate of drug-likeness (QED) is 0.929. The van der Waals surface area contributed by atoms with E-state index in [-0.39, 0.29) is 17.5 Å². The second kappa shape index (κ2) is 5.01. The summed E-state index contributed by atoms with van der Waals surface area (Å²) in [5, 5.41) is 0. The van der Waals surface area contributed by atoms with Crippen LogP contribution in [0.4, 0.5) is 18.9 Å². The van der Waals surface area contributed by atoms with Crippen LogP contribution in [0.1, 0.15) is 0 Å². The Morgan fingerprint density at radius 2 is 1.68 bits per heavy atom. The maximum absolute atomic E-state index is 12.0. The van der Waals surface area contributed by atoms with Crippen LogP contribution in [0.3, 0.4) is 0 Å². The lowest BCUT2D eigenvalue weighted by Gasteiger charge is -2.10. The Bertz CT molecular complexity index is 558. The summed E-state index contributed by atoms with van der Waals surface area (Å²) in [6, 6.07) is 5.01. The van der Waals surface area contributed by atoms with E-state index in [9.17, 15) is 13.2 Å². The van der Waals surface area contributed by atoms with Crippen molar-refractivity contribution in [2.45, 2.75) is 6.36 Å². The lowest BCUT2D eigenvalue weighted by molar-refractivity contribution is -0.274. The number of rotatable bonds is 3. The van der Waals surface area contributed by atoms with E-state index in [1.807, 2.05) is 0 Å². The van der Waals surface area contributed by atoms with E-state index in [0.717, 1.165) is 12.1 Å². The van der Waals surface area contributed by atoms with E-state index in [0.29, 0.717) is 5.69 Å². The van der Waals surface area contributed by atoms with Gasteiger partial charge in [0.15, 0.2) is 0 Å². The van der Waals surface area contributed by atoms with Crippen molar-refractivity contribution in [3.8, 4) is 17.5 Å². The first kappa shape index (κ1) is 12.9. The van der Waals surface area contributed by atoms with Gasteiger partial charge < -0.3 is 15.2 Å². The molecule has 5 nitrogen and oxygen atoms in total. The van der Waals surface area contributed by atoms with Crippen LogP contribution in [0.15, 0.2) is 36.7 Å². The monoisotopic (exact) mass is 271 g/mol. The first-order valence-electron chi connectivity index (χ1n) is 5.03. The molecule has 0 aliphatic rings. The number of hydrogen-bond donors (Lipinski definition) is 1. The van der Waals surface area contributed by atoms with Gasteiger partial charge in [0.1, 0.15) is 11.5 Å². The molecule has 2 aromatic rings. The number of nitrogen functional groups attached to an aromatic ring is 1. The van der Waals surface area contributed by atoms with Crippen LogP contribution in [0.2, 0.25) is 0 Å². The molecule has 8 heteroatoms. The Hall–Kier alpha value is -2.51. The Morgan fingerprint density at radius 3 is 2.32 bits per heavy atom. The van der Waals surface area contributed by atoms with Crippen LogP contribution in [0.25, 0.3) is 0 Å². The largest absolute Gasteiger partial charge is 0.573 e. The van der Waals surface area contributed by atoms with Crippen molar-refractivity contribution >= 4 is 5.69 Å². The zero-order valence-electron chi connectivity index (χ0n) is 9.39. The number of alkyl halides is 3. The van der Waals surface area contributed by atoms with Crippen LogP contribution in [-0.2, 0) is 0 Å². The Balaban J connectivity index is 2.13. The number of nitrogens with two attached hydrogens (primary N) is 1. The normalized spacial score (nSPS) is 11.1. The molecule has 0 saturated heterocycles. The van der Waals surface area contributed by atoms with Gasteiger partial charge in [0.25, 0.3) is 0 Å². The van der Waals surface area contributed by atoms with Gasteiger partial charge in [-0.25, -0.2) is 9.97 Å². The number of halogens is 3. The average Bonchev–Trinajstić information content (AvgIpc) is 2.30. The fraction of sp³-hybridized carbons (Fsp3) is 0.0909. The van der Waals surface area contributed by atoms with E-state index in [1.165, 1.54) is 24.5 Å². The van der Waals surface area contributed by atoms with Crippen LogP contribution in [0, 0.1) is 0 Å². The van der Waals surface area contributed by atoms with Gasteiger partial charge in [0.05, 0.1) is 18.1 Å². The van der Waals surface area contributed by atoms with Crippen LogP contribution in [0.5, 0.6) is 17.5 Å². The fourth-order valence-corrected chi connectivity index (χ4v) is 1.22. The highest BCUT2D eigenvalue weighted by Gasteiger charge is 2.31. The highest BCUT2D eigenvalue weighted by atomic mass is 19.4. The molecule has 0 radical (unpaired) electrons. The summed E-state index contributed by atoms with van der Waals surface area (Å²) in [7, 11) is 0. The van der Waals surface area contributed by atoms with Gasteiger partial charge in [-0.05, 0) is 12.1 Å². The number of hydrogen-bond acceptors (Lipinski definition) is 5. The Labute approximate surface area is 105 Å². The standard InChI is InChI=1S/C11H8F3N3O2/c12-11(13,14)19-9-3-1-2-8(4-9)18-10-16-5-7(15)6-17-10/h1-6H,15H2. The van der Waals surface area contributed by atoms with E-state index >= 15 is 0 Å². The zero-order valence-corrected chi connectivity index (χ0v) is 9.39. The van der Waals surface area contributed by atoms with E-state index in [4.69, 9.17) is 10.5 Å². The summed E-state index contributed by atoms with van der Waals surface area (Å²) in [5.74, 6) is -0.271. The van der Waals surface area contributed by atoms with Gasteiger partial charge >= 0.3 is 12.4 Å². The van der Waals surface area contributed by atoms with Gasteiger partial charge in [-0.2, -0.15) is 0 Å². The highest BCUT2D eigenvalue weighted by molar-refractivity contribution is 5.35. The van der Waals surface area contributed by atoms with Gasteiger partial charge in [0, 0.05) is 6.07 Å². The molecule has 0 spiro atoms. The molecule has 0 aliphatic carbocycles. The lowest BCUT2D eigenvalue weighted by atomic mass is 10.3. The van der Waals surface area contributed by atoms with E-state index in [2.05, 4.69) is 14.7 Å². The molecular formula is C11H8F3N3O2. The third kappa shape index (κ3) is 4.02. The molecule has 0 amide bonds. The van der Waals surface area contributed by atoms with Crippen molar-refractivity contribution in [2.75, 3.05) is 5.73 Å². The maximum atomic E-state index is 12.0. The topological polar surface area (TPSA) is 70.3 Å².